The number of hydrogen-bond acceptors (Lipinski definition) is 5. The first-order valence-corrected chi connectivity index (χ1v) is 11.7. The Morgan fingerprint density at radius 2 is 1.77 bits per heavy atom. The molecule has 1 aliphatic carbocycles. The highest BCUT2D eigenvalue weighted by molar-refractivity contribution is 14.0. The van der Waals surface area contributed by atoms with Crippen molar-refractivity contribution in [2.75, 3.05) is 59.1 Å². The number of carbonyl (C=O) groups is 1. The summed E-state index contributed by atoms with van der Waals surface area (Å²) in [5.41, 5.74) is 0.186. The van der Waals surface area contributed by atoms with Gasteiger partial charge in [0, 0.05) is 38.3 Å². The van der Waals surface area contributed by atoms with E-state index in [9.17, 15) is 4.79 Å². The third kappa shape index (κ3) is 6.69. The summed E-state index contributed by atoms with van der Waals surface area (Å²) in [6.07, 6.45) is 8.11. The summed E-state index contributed by atoms with van der Waals surface area (Å²) < 4.78 is 10.8. The van der Waals surface area contributed by atoms with Gasteiger partial charge in [-0.2, -0.15) is 0 Å². The lowest BCUT2D eigenvalue weighted by molar-refractivity contribution is -0.149. The van der Waals surface area contributed by atoms with Crippen LogP contribution in [0.4, 0.5) is 0 Å². The number of hydrogen-bond donors (Lipinski definition) is 1. The first-order valence-electron chi connectivity index (χ1n) is 11.7. The van der Waals surface area contributed by atoms with Crippen LogP contribution < -0.4 is 5.32 Å². The minimum atomic E-state index is -0.0393. The van der Waals surface area contributed by atoms with Crippen LogP contribution >= 0.6 is 24.0 Å². The summed E-state index contributed by atoms with van der Waals surface area (Å²) in [7, 11) is 0. The Morgan fingerprint density at radius 3 is 2.37 bits per heavy atom. The number of guanidine groups is 1. The van der Waals surface area contributed by atoms with Crippen LogP contribution in [0.1, 0.15) is 58.8 Å². The van der Waals surface area contributed by atoms with Gasteiger partial charge in [0.1, 0.15) is 0 Å². The smallest absolute Gasteiger partial charge is 0.309 e. The van der Waals surface area contributed by atoms with Crippen LogP contribution in [0.3, 0.4) is 0 Å². The number of aliphatic imine (C=N–C) groups is 1. The topological polar surface area (TPSA) is 66.4 Å². The van der Waals surface area contributed by atoms with Gasteiger partial charge in [0.05, 0.1) is 32.3 Å². The van der Waals surface area contributed by atoms with Crippen molar-refractivity contribution in [2.24, 2.45) is 10.9 Å². The Labute approximate surface area is 199 Å². The fraction of sp³-hybridized carbons (Fsp3) is 0.909. The molecule has 0 spiro atoms. The minimum Gasteiger partial charge on any atom is -0.466 e. The van der Waals surface area contributed by atoms with E-state index in [0.29, 0.717) is 6.61 Å². The van der Waals surface area contributed by atoms with E-state index in [4.69, 9.17) is 14.5 Å². The third-order valence-electron chi connectivity index (χ3n) is 6.74. The molecule has 2 heterocycles. The monoisotopic (exact) mass is 536 g/mol. The fourth-order valence-electron chi connectivity index (χ4n) is 5.06. The van der Waals surface area contributed by atoms with Gasteiger partial charge in [-0.15, -0.1) is 24.0 Å². The maximum atomic E-state index is 12.0. The van der Waals surface area contributed by atoms with E-state index in [-0.39, 0.29) is 41.4 Å². The van der Waals surface area contributed by atoms with Crippen LogP contribution in [0.5, 0.6) is 0 Å². The number of esters is 1. The van der Waals surface area contributed by atoms with Crippen molar-refractivity contribution in [3.05, 3.63) is 0 Å². The number of nitrogens with zero attached hydrogens (tertiary/aromatic N) is 3. The second-order valence-electron chi connectivity index (χ2n) is 8.57. The molecule has 0 aromatic rings. The maximum Gasteiger partial charge on any atom is 0.309 e. The van der Waals surface area contributed by atoms with Crippen LogP contribution in [0, 0.1) is 5.92 Å². The molecule has 0 aromatic carbocycles. The quantitative estimate of drug-likeness (QED) is 0.244. The number of piperidine rings is 1. The highest BCUT2D eigenvalue weighted by Gasteiger charge is 2.39. The van der Waals surface area contributed by atoms with E-state index < -0.39 is 0 Å². The molecule has 3 aliphatic rings. The Balaban J connectivity index is 0.00000320. The summed E-state index contributed by atoms with van der Waals surface area (Å²) in [6.45, 7) is 11.6. The van der Waals surface area contributed by atoms with Gasteiger partial charge in [-0.3, -0.25) is 14.7 Å². The molecule has 2 aliphatic heterocycles. The predicted octanol–water partition coefficient (Wildman–Crippen LogP) is 2.88. The largest absolute Gasteiger partial charge is 0.466 e. The highest BCUT2D eigenvalue weighted by atomic mass is 127. The van der Waals surface area contributed by atoms with Crippen molar-refractivity contribution < 1.29 is 14.3 Å². The Hall–Kier alpha value is -0.610. The second kappa shape index (κ2) is 13.1. The summed E-state index contributed by atoms with van der Waals surface area (Å²) >= 11 is 0. The summed E-state index contributed by atoms with van der Waals surface area (Å²) in [4.78, 5) is 22.2. The minimum absolute atomic E-state index is 0. The molecule has 0 bridgehead atoms. The molecule has 8 heteroatoms. The van der Waals surface area contributed by atoms with Gasteiger partial charge in [-0.05, 0) is 39.5 Å². The zero-order chi connectivity index (χ0) is 20.5. The average Bonchev–Trinajstić information content (AvgIpc) is 2.78. The van der Waals surface area contributed by atoms with Crippen molar-refractivity contribution in [3.63, 3.8) is 0 Å². The van der Waals surface area contributed by atoms with E-state index in [2.05, 4.69) is 22.0 Å². The Morgan fingerprint density at radius 1 is 1.10 bits per heavy atom. The molecule has 174 valence electrons. The molecule has 0 unspecified atom stereocenters. The van der Waals surface area contributed by atoms with Crippen LogP contribution in [0.15, 0.2) is 4.99 Å². The standard InChI is InChI=1S/C22H40N4O3.HI/c1-3-23-21(25-12-8-19(9-13-25)20(27)29-4-2)24-18-22(10-6-5-7-11-22)26-14-16-28-17-15-26;/h19H,3-18H2,1-2H3,(H,23,24);1H. The maximum absolute atomic E-state index is 12.0. The van der Waals surface area contributed by atoms with Gasteiger partial charge in [-0.25, -0.2) is 0 Å². The van der Waals surface area contributed by atoms with Crippen molar-refractivity contribution in [2.45, 2.75) is 64.3 Å². The number of morpholine rings is 1. The molecule has 3 fully saturated rings. The molecule has 30 heavy (non-hydrogen) atoms. The average molecular weight is 536 g/mol. The molecular weight excluding hydrogens is 495 g/mol. The van der Waals surface area contributed by atoms with Crippen molar-refractivity contribution >= 4 is 35.9 Å². The Kier molecular flexibility index (Phi) is 11.2. The van der Waals surface area contributed by atoms with Gasteiger partial charge < -0.3 is 19.7 Å². The lowest BCUT2D eigenvalue weighted by Crippen LogP contribution is -2.57. The second-order valence-corrected chi connectivity index (χ2v) is 8.57. The van der Waals surface area contributed by atoms with Crippen LogP contribution in [0.2, 0.25) is 0 Å². The number of likely N-dealkylation sites (tertiary alicyclic amines) is 1. The lowest BCUT2D eigenvalue weighted by atomic mass is 9.80. The molecule has 3 rings (SSSR count). The van der Waals surface area contributed by atoms with E-state index in [0.717, 1.165) is 71.3 Å². The fourth-order valence-corrected chi connectivity index (χ4v) is 5.06. The van der Waals surface area contributed by atoms with Gasteiger partial charge in [0.25, 0.3) is 0 Å². The van der Waals surface area contributed by atoms with E-state index >= 15 is 0 Å². The SMILES string of the molecule is CCNC(=NCC1(N2CCOCC2)CCCCC1)N1CCC(C(=O)OCC)CC1.I. The molecule has 0 amide bonds. The van der Waals surface area contributed by atoms with Gasteiger partial charge >= 0.3 is 5.97 Å². The first kappa shape index (κ1) is 25.6. The van der Waals surface area contributed by atoms with E-state index in [1.165, 1.54) is 32.1 Å². The van der Waals surface area contributed by atoms with Gasteiger partial charge in [-0.1, -0.05) is 19.3 Å². The van der Waals surface area contributed by atoms with Gasteiger partial charge in [0.2, 0.25) is 0 Å². The molecule has 1 N–H and O–H groups in total. The molecule has 1 saturated carbocycles. The number of nitrogens with one attached hydrogen (secondary N) is 1. The van der Waals surface area contributed by atoms with Crippen LogP contribution in [0.25, 0.3) is 0 Å². The first-order chi connectivity index (χ1) is 14.2. The summed E-state index contributed by atoms with van der Waals surface area (Å²) in [6, 6.07) is 0. The number of carbonyl (C=O) groups excluding carboxylic acids is 1. The molecular formula is C22H41IN4O3. The number of ether oxygens (including phenoxy) is 2. The number of rotatable bonds is 6. The lowest BCUT2D eigenvalue weighted by Gasteiger charge is -2.47. The number of halogens is 1. The predicted molar refractivity (Wildman–Crippen MR) is 131 cm³/mol. The normalized spacial score (nSPS) is 23.5. The summed E-state index contributed by atoms with van der Waals surface area (Å²) in [5, 5.41) is 3.50. The molecule has 0 aromatic heterocycles. The van der Waals surface area contributed by atoms with Crippen LogP contribution in [-0.4, -0.2) is 86.4 Å². The van der Waals surface area contributed by atoms with Crippen LogP contribution in [-0.2, 0) is 14.3 Å². The van der Waals surface area contributed by atoms with Crippen molar-refractivity contribution in [1.29, 1.82) is 0 Å². The Bertz CT molecular complexity index is 541. The molecule has 0 radical (unpaired) electrons. The zero-order valence-electron chi connectivity index (χ0n) is 18.9. The van der Waals surface area contributed by atoms with E-state index in [1.54, 1.807) is 0 Å². The van der Waals surface area contributed by atoms with E-state index in [1.807, 2.05) is 6.92 Å². The van der Waals surface area contributed by atoms with Crippen molar-refractivity contribution in [1.82, 2.24) is 15.1 Å². The third-order valence-corrected chi connectivity index (χ3v) is 6.74. The highest BCUT2D eigenvalue weighted by Crippen LogP contribution is 2.34. The summed E-state index contributed by atoms with van der Waals surface area (Å²) in [5.74, 6) is 1.00. The van der Waals surface area contributed by atoms with Crippen molar-refractivity contribution in [3.8, 4) is 0 Å². The zero-order valence-corrected chi connectivity index (χ0v) is 21.2. The molecule has 2 saturated heterocycles. The van der Waals surface area contributed by atoms with Gasteiger partial charge in [0.15, 0.2) is 5.96 Å². The molecule has 7 nitrogen and oxygen atoms in total. The molecule has 0 atom stereocenters.